The second-order valence-electron chi connectivity index (χ2n) is 7.49. The molecule has 0 spiro atoms. The summed E-state index contributed by atoms with van der Waals surface area (Å²) in [5.74, 6) is -0.986. The molecule has 0 radical (unpaired) electrons. The second kappa shape index (κ2) is 9.65. The number of benzene rings is 1. The van der Waals surface area contributed by atoms with Gasteiger partial charge in [-0.3, -0.25) is 14.9 Å². The molecule has 0 saturated carbocycles. The number of hydrogen-bond acceptors (Lipinski definition) is 8. The maximum absolute atomic E-state index is 12.6. The Morgan fingerprint density at radius 1 is 1.37 bits per heavy atom. The topological polar surface area (TPSA) is 112 Å². The van der Waals surface area contributed by atoms with Crippen LogP contribution < -0.4 is 5.32 Å². The van der Waals surface area contributed by atoms with E-state index in [0.29, 0.717) is 6.54 Å². The number of aromatic nitrogens is 1. The van der Waals surface area contributed by atoms with Crippen LogP contribution in [0.3, 0.4) is 0 Å². The third-order valence-electron chi connectivity index (χ3n) is 5.14. The van der Waals surface area contributed by atoms with E-state index in [1.807, 2.05) is 36.7 Å². The van der Waals surface area contributed by atoms with Gasteiger partial charge < -0.3 is 19.8 Å². The summed E-state index contributed by atoms with van der Waals surface area (Å²) < 4.78 is 4.95. The third kappa shape index (κ3) is 5.23. The molecule has 2 heterocycles. The van der Waals surface area contributed by atoms with Crippen molar-refractivity contribution in [3.8, 4) is 10.4 Å². The molecule has 3 rings (SSSR count). The van der Waals surface area contributed by atoms with E-state index in [0.717, 1.165) is 21.7 Å². The van der Waals surface area contributed by atoms with E-state index in [1.54, 1.807) is 11.3 Å². The average molecular weight is 434 g/mol. The molecule has 3 N–H and O–H groups in total. The van der Waals surface area contributed by atoms with Crippen molar-refractivity contribution in [3.05, 3.63) is 41.0 Å². The van der Waals surface area contributed by atoms with Crippen molar-refractivity contribution >= 4 is 23.2 Å². The Morgan fingerprint density at radius 2 is 2.07 bits per heavy atom. The first-order valence-corrected chi connectivity index (χ1v) is 10.7. The molecule has 4 atom stereocenters. The Morgan fingerprint density at radius 3 is 2.67 bits per heavy atom. The van der Waals surface area contributed by atoms with Crippen LogP contribution in [-0.2, 0) is 20.9 Å². The number of aliphatic hydroxyl groups is 2. The summed E-state index contributed by atoms with van der Waals surface area (Å²) in [6, 6.07) is 7.37. The summed E-state index contributed by atoms with van der Waals surface area (Å²) in [4.78, 5) is 30.5. The Bertz CT molecular complexity index is 885. The van der Waals surface area contributed by atoms with Gasteiger partial charge in [-0.15, -0.1) is 11.3 Å². The van der Waals surface area contributed by atoms with Crippen molar-refractivity contribution < 1.29 is 24.5 Å². The van der Waals surface area contributed by atoms with Gasteiger partial charge in [-0.05, 0) is 31.4 Å². The highest BCUT2D eigenvalue weighted by molar-refractivity contribution is 7.13. The van der Waals surface area contributed by atoms with Gasteiger partial charge >= 0.3 is 5.97 Å². The molecule has 1 aliphatic heterocycles. The van der Waals surface area contributed by atoms with Gasteiger partial charge in [-0.25, -0.2) is 4.98 Å². The molecular weight excluding hydrogens is 406 g/mol. The van der Waals surface area contributed by atoms with Crippen LogP contribution in [0.2, 0.25) is 0 Å². The highest BCUT2D eigenvalue weighted by atomic mass is 32.1. The van der Waals surface area contributed by atoms with Gasteiger partial charge in [0.2, 0.25) is 0 Å². The molecule has 1 unspecified atom stereocenters. The first kappa shape index (κ1) is 22.4. The van der Waals surface area contributed by atoms with Crippen LogP contribution in [0.5, 0.6) is 0 Å². The zero-order valence-electron chi connectivity index (χ0n) is 17.2. The molecule has 1 amide bonds. The van der Waals surface area contributed by atoms with E-state index in [2.05, 4.69) is 10.3 Å². The number of carbonyl (C=O) groups excluding carboxylic acids is 2. The van der Waals surface area contributed by atoms with Crippen LogP contribution in [0.1, 0.15) is 31.5 Å². The fraction of sp³-hybridized carbons (Fsp3) is 0.476. The summed E-state index contributed by atoms with van der Waals surface area (Å²) in [6.07, 6.45) is -2.48. The molecule has 2 aromatic rings. The molecular formula is C21H27N3O5S. The average Bonchev–Trinajstić information content (AvgIpc) is 3.31. The second-order valence-corrected chi connectivity index (χ2v) is 8.34. The number of amides is 1. The summed E-state index contributed by atoms with van der Waals surface area (Å²) in [7, 11) is 0. The van der Waals surface area contributed by atoms with Gasteiger partial charge in [0.1, 0.15) is 6.23 Å². The van der Waals surface area contributed by atoms with Crippen LogP contribution in [0.4, 0.5) is 0 Å². The van der Waals surface area contributed by atoms with Crippen LogP contribution in [0.25, 0.3) is 10.4 Å². The quantitative estimate of drug-likeness (QED) is 0.447. The minimum Gasteiger partial charge on any atom is -0.453 e. The van der Waals surface area contributed by atoms with Gasteiger partial charge in [0.15, 0.2) is 6.10 Å². The number of thiazole rings is 1. The number of nitrogens with one attached hydrogen (secondary N) is 1. The van der Waals surface area contributed by atoms with Gasteiger partial charge in [0.25, 0.3) is 5.91 Å². The maximum Gasteiger partial charge on any atom is 0.303 e. The first-order valence-electron chi connectivity index (χ1n) is 9.83. The van der Waals surface area contributed by atoms with Gasteiger partial charge in [-0.1, -0.05) is 24.3 Å². The van der Waals surface area contributed by atoms with Crippen molar-refractivity contribution in [1.29, 1.82) is 0 Å². The Balaban J connectivity index is 1.60. The van der Waals surface area contributed by atoms with Crippen molar-refractivity contribution in [2.75, 3.05) is 6.54 Å². The number of likely N-dealkylation sites (tertiary alicyclic amines) is 1. The van der Waals surface area contributed by atoms with Crippen molar-refractivity contribution in [1.82, 2.24) is 15.2 Å². The molecule has 9 heteroatoms. The number of aliphatic hydroxyl groups excluding tert-OH is 2. The molecule has 0 aliphatic carbocycles. The van der Waals surface area contributed by atoms with Crippen molar-refractivity contribution in [2.24, 2.45) is 0 Å². The molecule has 8 nitrogen and oxygen atoms in total. The standard InChI is InChI=1S/C21H27N3O5S/c1-12-19(30-11-23-12)16-6-4-15(5-7-16)9-22-20(27)18-8-17(26)10-24(18)21(28)13(2)29-14(3)25/h4-7,11,13,17-18,20,22,26-27H,8-10H2,1-3H3/t13-,17+,18-,20?/m0/s1. The van der Waals surface area contributed by atoms with Crippen LogP contribution in [0, 0.1) is 6.92 Å². The number of nitrogens with zero attached hydrogens (tertiary/aromatic N) is 2. The third-order valence-corrected chi connectivity index (χ3v) is 6.11. The Labute approximate surface area is 179 Å². The smallest absolute Gasteiger partial charge is 0.303 e. The fourth-order valence-corrected chi connectivity index (χ4v) is 4.45. The minimum absolute atomic E-state index is 0.0940. The van der Waals surface area contributed by atoms with Crippen LogP contribution >= 0.6 is 11.3 Å². The lowest BCUT2D eigenvalue weighted by Crippen LogP contribution is -2.51. The molecule has 162 valence electrons. The van der Waals surface area contributed by atoms with E-state index < -0.39 is 36.4 Å². The summed E-state index contributed by atoms with van der Waals surface area (Å²) in [6.45, 7) is 5.19. The normalized spacial score (nSPS) is 20.8. The van der Waals surface area contributed by atoms with E-state index in [9.17, 15) is 19.8 Å². The zero-order chi connectivity index (χ0) is 21.8. The predicted molar refractivity (Wildman–Crippen MR) is 112 cm³/mol. The molecule has 30 heavy (non-hydrogen) atoms. The lowest BCUT2D eigenvalue weighted by molar-refractivity contribution is -0.159. The SMILES string of the molecule is CC(=O)O[C@@H](C)C(=O)N1C[C@H](O)C[C@H]1C(O)NCc1ccc(-c2scnc2C)cc1. The highest BCUT2D eigenvalue weighted by Crippen LogP contribution is 2.27. The fourth-order valence-electron chi connectivity index (χ4n) is 3.64. The number of β-amino-alcohol motifs (C(OH)–C–C–N with tert-alkyl or cyclic N) is 1. The Hall–Kier alpha value is -2.33. The molecule has 1 aromatic carbocycles. The molecule has 1 fully saturated rings. The number of hydrogen-bond donors (Lipinski definition) is 3. The van der Waals surface area contributed by atoms with E-state index in [1.165, 1.54) is 18.7 Å². The van der Waals surface area contributed by atoms with Crippen molar-refractivity contribution in [2.45, 2.75) is 58.2 Å². The lowest BCUT2D eigenvalue weighted by Gasteiger charge is -2.30. The molecule has 1 saturated heterocycles. The molecule has 0 bridgehead atoms. The Kier molecular flexibility index (Phi) is 7.19. The largest absolute Gasteiger partial charge is 0.453 e. The van der Waals surface area contributed by atoms with E-state index in [-0.39, 0.29) is 13.0 Å². The number of carbonyl (C=O) groups is 2. The number of esters is 1. The number of aryl methyl sites for hydroxylation is 1. The summed E-state index contributed by atoms with van der Waals surface area (Å²) in [5.41, 5.74) is 4.88. The molecule has 1 aliphatic rings. The summed E-state index contributed by atoms with van der Waals surface area (Å²) in [5, 5.41) is 23.7. The van der Waals surface area contributed by atoms with Crippen LogP contribution in [0.15, 0.2) is 29.8 Å². The van der Waals surface area contributed by atoms with E-state index >= 15 is 0 Å². The van der Waals surface area contributed by atoms with Crippen LogP contribution in [-0.4, -0.2) is 63.0 Å². The van der Waals surface area contributed by atoms with Gasteiger partial charge in [-0.2, -0.15) is 0 Å². The van der Waals surface area contributed by atoms with Crippen molar-refractivity contribution in [3.63, 3.8) is 0 Å². The first-order chi connectivity index (χ1) is 14.3. The molecule has 1 aromatic heterocycles. The predicted octanol–water partition coefficient (Wildman–Crippen LogP) is 1.44. The number of rotatable bonds is 7. The highest BCUT2D eigenvalue weighted by Gasteiger charge is 2.40. The van der Waals surface area contributed by atoms with E-state index in [4.69, 9.17) is 4.74 Å². The van der Waals surface area contributed by atoms with Gasteiger partial charge in [0.05, 0.1) is 28.2 Å². The zero-order valence-corrected chi connectivity index (χ0v) is 18.1. The maximum atomic E-state index is 12.6. The minimum atomic E-state index is -1.03. The lowest BCUT2D eigenvalue weighted by atomic mass is 10.1. The number of ether oxygens (including phenoxy) is 1. The monoisotopic (exact) mass is 433 g/mol. The summed E-state index contributed by atoms with van der Waals surface area (Å²) >= 11 is 1.59. The van der Waals surface area contributed by atoms with Gasteiger partial charge in [0, 0.05) is 20.0 Å².